The van der Waals surface area contributed by atoms with Crippen LogP contribution in [0.1, 0.15) is 28.4 Å². The van der Waals surface area contributed by atoms with Crippen molar-refractivity contribution in [3.05, 3.63) is 62.6 Å². The molecule has 0 radical (unpaired) electrons. The molecule has 0 saturated heterocycles. The molecule has 2 rings (SSSR count). The Balaban J connectivity index is 2.31. The summed E-state index contributed by atoms with van der Waals surface area (Å²) in [6, 6.07) is 8.68. The third-order valence-electron chi connectivity index (χ3n) is 3.46. The molecule has 2 aromatic rings. The minimum atomic E-state index is -0.708. The molecule has 5 nitrogen and oxygen atoms in total. The van der Waals surface area contributed by atoms with Crippen molar-refractivity contribution in [1.29, 1.82) is 0 Å². The molecule has 0 heterocycles. The molecule has 0 aromatic heterocycles. The van der Waals surface area contributed by atoms with Gasteiger partial charge in [0, 0.05) is 10.6 Å². The lowest BCUT2D eigenvalue weighted by molar-refractivity contribution is -0.141. The van der Waals surface area contributed by atoms with Gasteiger partial charge in [-0.05, 0) is 23.8 Å². The third kappa shape index (κ3) is 4.78. The summed E-state index contributed by atoms with van der Waals surface area (Å²) in [4.78, 5) is 24.2. The lowest BCUT2D eigenvalue weighted by atomic mass is 10.0. The SMILES string of the molecule is COC(=O)C[C@H](NC(=O)c1cc(Cl)c(O)c(Cl)c1)c1ccccc1Cl. The Labute approximate surface area is 159 Å². The molecule has 2 N–H and O–H groups in total. The highest BCUT2D eigenvalue weighted by Crippen LogP contribution is 2.33. The number of ether oxygens (including phenoxy) is 1. The Morgan fingerprint density at radius 2 is 1.72 bits per heavy atom. The normalized spacial score (nSPS) is 11.7. The molecule has 0 spiro atoms. The van der Waals surface area contributed by atoms with Gasteiger partial charge in [-0.1, -0.05) is 53.0 Å². The highest BCUT2D eigenvalue weighted by molar-refractivity contribution is 6.37. The molecule has 0 bridgehead atoms. The van der Waals surface area contributed by atoms with Crippen LogP contribution in [0.5, 0.6) is 5.75 Å². The zero-order chi connectivity index (χ0) is 18.6. The number of halogens is 3. The Kier molecular flexibility index (Phi) is 6.53. The van der Waals surface area contributed by atoms with E-state index in [1.165, 1.54) is 19.2 Å². The van der Waals surface area contributed by atoms with Crippen LogP contribution in [0.3, 0.4) is 0 Å². The van der Waals surface area contributed by atoms with Crippen LogP contribution in [-0.4, -0.2) is 24.1 Å². The van der Waals surface area contributed by atoms with E-state index in [2.05, 4.69) is 10.1 Å². The Morgan fingerprint density at radius 1 is 1.12 bits per heavy atom. The Morgan fingerprint density at radius 3 is 2.28 bits per heavy atom. The molecule has 0 aliphatic carbocycles. The average molecular weight is 403 g/mol. The van der Waals surface area contributed by atoms with Gasteiger partial charge in [0.05, 0.1) is 29.6 Å². The molecule has 8 heteroatoms. The molecule has 132 valence electrons. The molecule has 2 aromatic carbocycles. The largest absolute Gasteiger partial charge is 0.505 e. The van der Waals surface area contributed by atoms with Gasteiger partial charge in [0.1, 0.15) is 0 Å². The molecule has 0 unspecified atom stereocenters. The van der Waals surface area contributed by atoms with E-state index in [4.69, 9.17) is 34.8 Å². The van der Waals surface area contributed by atoms with Gasteiger partial charge in [0.15, 0.2) is 5.75 Å². The van der Waals surface area contributed by atoms with E-state index in [9.17, 15) is 14.7 Å². The lowest BCUT2D eigenvalue weighted by Gasteiger charge is -2.19. The lowest BCUT2D eigenvalue weighted by Crippen LogP contribution is -2.30. The summed E-state index contributed by atoms with van der Waals surface area (Å²) < 4.78 is 4.67. The van der Waals surface area contributed by atoms with Crippen LogP contribution in [0, 0.1) is 0 Å². The third-order valence-corrected chi connectivity index (χ3v) is 4.38. The number of esters is 1. The fourth-order valence-corrected chi connectivity index (χ4v) is 2.94. The van der Waals surface area contributed by atoms with Crippen LogP contribution in [0.4, 0.5) is 0 Å². The van der Waals surface area contributed by atoms with Crippen LogP contribution >= 0.6 is 34.8 Å². The minimum Gasteiger partial charge on any atom is -0.505 e. The quantitative estimate of drug-likeness (QED) is 0.727. The number of rotatable bonds is 5. The van der Waals surface area contributed by atoms with Crippen LogP contribution in [0.25, 0.3) is 0 Å². The first kappa shape index (κ1) is 19.4. The second kappa shape index (κ2) is 8.43. The van der Waals surface area contributed by atoms with E-state index < -0.39 is 17.9 Å². The summed E-state index contributed by atoms with van der Waals surface area (Å²) in [5, 5.41) is 12.6. The summed E-state index contributed by atoms with van der Waals surface area (Å²) in [6.45, 7) is 0. The van der Waals surface area contributed by atoms with Crippen LogP contribution < -0.4 is 5.32 Å². The summed E-state index contributed by atoms with van der Waals surface area (Å²) >= 11 is 17.8. The van der Waals surface area contributed by atoms with Crippen molar-refractivity contribution in [2.24, 2.45) is 0 Å². The van der Waals surface area contributed by atoms with Crippen molar-refractivity contribution >= 4 is 46.7 Å². The van der Waals surface area contributed by atoms with Gasteiger partial charge in [0.25, 0.3) is 5.91 Å². The van der Waals surface area contributed by atoms with E-state index in [1.54, 1.807) is 24.3 Å². The second-order valence-electron chi connectivity index (χ2n) is 5.12. The van der Waals surface area contributed by atoms with E-state index in [1.807, 2.05) is 0 Å². The van der Waals surface area contributed by atoms with Crippen molar-refractivity contribution in [2.75, 3.05) is 7.11 Å². The summed E-state index contributed by atoms with van der Waals surface area (Å²) in [6.07, 6.45) is -0.106. The predicted molar refractivity (Wildman–Crippen MR) is 96.4 cm³/mol. The van der Waals surface area contributed by atoms with Crippen molar-refractivity contribution in [1.82, 2.24) is 5.32 Å². The van der Waals surface area contributed by atoms with Crippen molar-refractivity contribution < 1.29 is 19.4 Å². The van der Waals surface area contributed by atoms with Gasteiger partial charge in [0.2, 0.25) is 0 Å². The number of methoxy groups -OCH3 is 1. The molecule has 25 heavy (non-hydrogen) atoms. The molecule has 0 saturated carbocycles. The maximum absolute atomic E-state index is 12.5. The van der Waals surface area contributed by atoms with E-state index in [0.717, 1.165) is 0 Å². The van der Waals surface area contributed by atoms with Crippen LogP contribution in [-0.2, 0) is 9.53 Å². The molecular formula is C17H14Cl3NO4. The van der Waals surface area contributed by atoms with Gasteiger partial charge in [-0.25, -0.2) is 0 Å². The molecule has 0 aliphatic heterocycles. The maximum atomic E-state index is 12.5. The van der Waals surface area contributed by atoms with Crippen LogP contribution in [0.15, 0.2) is 36.4 Å². The highest BCUT2D eigenvalue weighted by atomic mass is 35.5. The first-order valence-corrected chi connectivity index (χ1v) is 8.27. The topological polar surface area (TPSA) is 75.6 Å². The first-order valence-electron chi connectivity index (χ1n) is 7.13. The first-order chi connectivity index (χ1) is 11.8. The zero-order valence-electron chi connectivity index (χ0n) is 13.1. The van der Waals surface area contributed by atoms with Crippen molar-refractivity contribution in [3.8, 4) is 5.75 Å². The monoisotopic (exact) mass is 401 g/mol. The van der Waals surface area contributed by atoms with Gasteiger partial charge >= 0.3 is 5.97 Å². The number of phenols is 1. The average Bonchev–Trinajstić information content (AvgIpc) is 2.58. The molecule has 1 amide bonds. The highest BCUT2D eigenvalue weighted by Gasteiger charge is 2.22. The maximum Gasteiger partial charge on any atom is 0.307 e. The number of hydrogen-bond donors (Lipinski definition) is 2. The number of carbonyl (C=O) groups is 2. The summed E-state index contributed by atoms with van der Waals surface area (Å²) in [5.41, 5.74) is 0.702. The predicted octanol–water partition coefficient (Wildman–Crippen LogP) is 4.39. The number of aromatic hydroxyl groups is 1. The smallest absolute Gasteiger partial charge is 0.307 e. The van der Waals surface area contributed by atoms with Gasteiger partial charge in [-0.2, -0.15) is 0 Å². The number of hydrogen-bond acceptors (Lipinski definition) is 4. The van der Waals surface area contributed by atoms with Gasteiger partial charge < -0.3 is 15.2 Å². The molecule has 0 aliphatic rings. The zero-order valence-corrected chi connectivity index (χ0v) is 15.3. The Bertz CT molecular complexity index is 787. The summed E-state index contributed by atoms with van der Waals surface area (Å²) in [5.74, 6) is -1.35. The van der Waals surface area contributed by atoms with Gasteiger partial charge in [-0.3, -0.25) is 9.59 Å². The number of benzene rings is 2. The van der Waals surface area contributed by atoms with Crippen molar-refractivity contribution in [3.63, 3.8) is 0 Å². The van der Waals surface area contributed by atoms with Gasteiger partial charge in [-0.15, -0.1) is 0 Å². The van der Waals surface area contributed by atoms with E-state index in [-0.39, 0.29) is 27.8 Å². The molecule has 0 fully saturated rings. The molecular weight excluding hydrogens is 389 g/mol. The fourth-order valence-electron chi connectivity index (χ4n) is 2.18. The van der Waals surface area contributed by atoms with Crippen molar-refractivity contribution in [2.45, 2.75) is 12.5 Å². The number of nitrogens with one attached hydrogen (secondary N) is 1. The summed E-state index contributed by atoms with van der Waals surface area (Å²) in [7, 11) is 1.26. The Hall–Kier alpha value is -1.95. The van der Waals surface area contributed by atoms with E-state index in [0.29, 0.717) is 10.6 Å². The van der Waals surface area contributed by atoms with Crippen LogP contribution in [0.2, 0.25) is 15.1 Å². The fraction of sp³-hybridized carbons (Fsp3) is 0.176. The molecule has 1 atom stereocenters. The number of phenolic OH excluding ortho intramolecular Hbond substituents is 1. The second-order valence-corrected chi connectivity index (χ2v) is 6.34. The standard InChI is InChI=1S/C17H14Cl3NO4/c1-25-15(22)8-14(10-4-2-3-5-11(10)18)21-17(24)9-6-12(19)16(23)13(20)7-9/h2-7,14,23H,8H2,1H3,(H,21,24)/t14-/m0/s1. The minimum absolute atomic E-state index is 0.0556. The van der Waals surface area contributed by atoms with E-state index >= 15 is 0 Å². The number of carbonyl (C=O) groups excluding carboxylic acids is 2. The number of amides is 1.